The van der Waals surface area contributed by atoms with Gasteiger partial charge in [0.2, 0.25) is 5.88 Å². The predicted molar refractivity (Wildman–Crippen MR) is 88.5 cm³/mol. The van der Waals surface area contributed by atoms with Crippen LogP contribution >= 0.6 is 24.2 Å². The van der Waals surface area contributed by atoms with Crippen LogP contribution in [0.15, 0.2) is 23.5 Å². The largest absolute Gasteiger partial charge is 0.493 e. The van der Waals surface area contributed by atoms with Gasteiger partial charge in [-0.2, -0.15) is 18.2 Å². The van der Waals surface area contributed by atoms with Gasteiger partial charge in [0.25, 0.3) is 0 Å². The van der Waals surface area contributed by atoms with Crippen molar-refractivity contribution in [2.75, 3.05) is 0 Å². The van der Waals surface area contributed by atoms with Gasteiger partial charge >= 0.3 is 6.18 Å². The first-order valence-electron chi connectivity index (χ1n) is 7.08. The molecule has 0 atom stereocenters. The summed E-state index contributed by atoms with van der Waals surface area (Å²) in [5, 5.41) is 9.27. The van der Waals surface area contributed by atoms with Crippen molar-refractivity contribution in [1.29, 1.82) is 0 Å². The molecule has 132 valence electrons. The van der Waals surface area contributed by atoms with Crippen LogP contribution in [0.25, 0.3) is 0 Å². The zero-order chi connectivity index (χ0) is 17.0. The molecule has 0 bridgehead atoms. The Bertz CT molecular complexity index is 676. The van der Waals surface area contributed by atoms with E-state index in [2.05, 4.69) is 15.0 Å². The van der Waals surface area contributed by atoms with Gasteiger partial charge in [-0.05, 0) is 30.0 Å². The molecule has 2 heterocycles. The maximum Gasteiger partial charge on any atom is 0.433 e. The lowest BCUT2D eigenvalue weighted by Crippen LogP contribution is -2.09. The van der Waals surface area contributed by atoms with Crippen molar-refractivity contribution in [1.82, 2.24) is 15.0 Å². The SMILES string of the molecule is CCc1ccnc(CC)c1CSc1nc(O)cc(C(F)(F)F)n1.Cl. The topological polar surface area (TPSA) is 58.9 Å². The van der Waals surface area contributed by atoms with Gasteiger partial charge in [0.05, 0.1) is 0 Å². The van der Waals surface area contributed by atoms with Crippen molar-refractivity contribution < 1.29 is 18.3 Å². The monoisotopic (exact) mass is 379 g/mol. The molecule has 0 fully saturated rings. The summed E-state index contributed by atoms with van der Waals surface area (Å²) >= 11 is 1.05. The summed E-state index contributed by atoms with van der Waals surface area (Å²) in [6, 6.07) is 2.42. The summed E-state index contributed by atoms with van der Waals surface area (Å²) in [4.78, 5) is 11.4. The van der Waals surface area contributed by atoms with Gasteiger partial charge < -0.3 is 5.11 Å². The lowest BCUT2D eigenvalue weighted by Gasteiger charge is -2.12. The predicted octanol–water partition coefficient (Wildman–Crippen LogP) is 4.43. The van der Waals surface area contributed by atoms with Gasteiger partial charge in [-0.15, -0.1) is 12.4 Å². The van der Waals surface area contributed by atoms with Crippen LogP contribution < -0.4 is 0 Å². The van der Waals surface area contributed by atoms with Gasteiger partial charge in [0.1, 0.15) is 0 Å². The van der Waals surface area contributed by atoms with Crippen LogP contribution in [0.1, 0.15) is 36.4 Å². The summed E-state index contributed by atoms with van der Waals surface area (Å²) in [6.45, 7) is 3.98. The van der Waals surface area contributed by atoms with Gasteiger partial charge in [0, 0.05) is 23.7 Å². The van der Waals surface area contributed by atoms with Gasteiger partial charge in [-0.25, -0.2) is 4.98 Å². The third-order valence-electron chi connectivity index (χ3n) is 3.29. The average molecular weight is 380 g/mol. The molecule has 0 aromatic carbocycles. The van der Waals surface area contributed by atoms with E-state index in [0.717, 1.165) is 41.4 Å². The van der Waals surface area contributed by atoms with E-state index in [0.29, 0.717) is 11.8 Å². The van der Waals surface area contributed by atoms with Crippen LogP contribution in [0.5, 0.6) is 5.88 Å². The Morgan fingerprint density at radius 2 is 1.88 bits per heavy atom. The van der Waals surface area contributed by atoms with Crippen molar-refractivity contribution in [3.05, 3.63) is 40.8 Å². The van der Waals surface area contributed by atoms with Crippen molar-refractivity contribution in [3.8, 4) is 5.88 Å². The minimum atomic E-state index is -4.62. The highest BCUT2D eigenvalue weighted by molar-refractivity contribution is 7.98. The highest BCUT2D eigenvalue weighted by atomic mass is 35.5. The van der Waals surface area contributed by atoms with Crippen LogP contribution in [0.2, 0.25) is 0 Å². The standard InChI is InChI=1S/C15H16F3N3OS.ClH/c1-3-9-5-6-19-11(4-2)10(9)8-23-14-20-12(15(16,17)18)7-13(22)21-14;/h5-7H,3-4,8H2,1-2H3,(H,20,21,22);1H. The molecule has 0 spiro atoms. The second-order valence-corrected chi connectivity index (χ2v) is 5.73. The van der Waals surface area contributed by atoms with E-state index in [1.165, 1.54) is 0 Å². The summed E-state index contributed by atoms with van der Waals surface area (Å²) in [5.41, 5.74) is 1.85. The summed E-state index contributed by atoms with van der Waals surface area (Å²) < 4.78 is 38.2. The number of thioether (sulfide) groups is 1. The molecule has 0 amide bonds. The van der Waals surface area contributed by atoms with Crippen LogP contribution in [-0.4, -0.2) is 20.1 Å². The van der Waals surface area contributed by atoms with Gasteiger partial charge in [-0.3, -0.25) is 4.98 Å². The Balaban J connectivity index is 0.00000288. The Morgan fingerprint density at radius 3 is 2.46 bits per heavy atom. The molecular formula is C15H17ClF3N3OS. The van der Waals surface area contributed by atoms with Gasteiger partial charge in [-0.1, -0.05) is 25.6 Å². The lowest BCUT2D eigenvalue weighted by atomic mass is 10.0. The quantitative estimate of drug-likeness (QED) is 0.615. The first-order valence-corrected chi connectivity index (χ1v) is 8.07. The van der Waals surface area contributed by atoms with E-state index in [-0.39, 0.29) is 17.6 Å². The second-order valence-electron chi connectivity index (χ2n) is 4.78. The van der Waals surface area contributed by atoms with Crippen LogP contribution in [0.4, 0.5) is 13.2 Å². The highest BCUT2D eigenvalue weighted by Crippen LogP contribution is 2.32. The number of aryl methyl sites for hydroxylation is 2. The molecule has 9 heteroatoms. The summed E-state index contributed by atoms with van der Waals surface area (Å²) in [6.07, 6.45) is -1.34. The maximum atomic E-state index is 12.7. The molecule has 0 saturated heterocycles. The summed E-state index contributed by atoms with van der Waals surface area (Å²) in [7, 11) is 0. The van der Waals surface area contributed by atoms with E-state index < -0.39 is 17.8 Å². The third kappa shape index (κ3) is 4.98. The molecule has 0 saturated carbocycles. The van der Waals surface area contributed by atoms with Crippen LogP contribution in [-0.2, 0) is 24.8 Å². The molecule has 0 unspecified atom stereocenters. The first-order chi connectivity index (χ1) is 10.8. The number of alkyl halides is 3. The molecule has 2 aromatic rings. The van der Waals surface area contributed by atoms with Crippen molar-refractivity contribution in [3.63, 3.8) is 0 Å². The van der Waals surface area contributed by atoms with E-state index in [9.17, 15) is 18.3 Å². The molecule has 4 nitrogen and oxygen atoms in total. The fourth-order valence-corrected chi connectivity index (χ4v) is 3.10. The smallest absolute Gasteiger partial charge is 0.433 e. The molecule has 0 aliphatic rings. The Labute approximate surface area is 148 Å². The molecular weight excluding hydrogens is 363 g/mol. The third-order valence-corrected chi connectivity index (χ3v) is 4.16. The minimum absolute atomic E-state index is 0. The maximum absolute atomic E-state index is 12.7. The Kier molecular flexibility index (Phi) is 7.28. The van der Waals surface area contributed by atoms with Crippen molar-refractivity contribution >= 4 is 24.2 Å². The summed E-state index contributed by atoms with van der Waals surface area (Å²) in [5.74, 6) is -0.284. The highest BCUT2D eigenvalue weighted by Gasteiger charge is 2.33. The van der Waals surface area contributed by atoms with Gasteiger partial charge in [0.15, 0.2) is 10.9 Å². The van der Waals surface area contributed by atoms with E-state index in [1.807, 2.05) is 19.9 Å². The Hall–Kier alpha value is -1.54. The van der Waals surface area contributed by atoms with Crippen molar-refractivity contribution in [2.24, 2.45) is 0 Å². The minimum Gasteiger partial charge on any atom is -0.493 e. The first kappa shape index (κ1) is 20.5. The number of nitrogens with zero attached hydrogens (tertiary/aromatic N) is 3. The van der Waals surface area contributed by atoms with E-state index >= 15 is 0 Å². The molecule has 0 aliphatic heterocycles. The number of aromatic hydroxyl groups is 1. The fraction of sp³-hybridized carbons (Fsp3) is 0.400. The number of rotatable bonds is 5. The molecule has 24 heavy (non-hydrogen) atoms. The number of halogens is 4. The fourth-order valence-electron chi connectivity index (χ4n) is 2.15. The number of aromatic nitrogens is 3. The average Bonchev–Trinajstić information content (AvgIpc) is 2.51. The van der Waals surface area contributed by atoms with E-state index in [1.54, 1.807) is 6.20 Å². The Morgan fingerprint density at radius 1 is 1.17 bits per heavy atom. The number of hydrogen-bond acceptors (Lipinski definition) is 5. The van der Waals surface area contributed by atoms with Crippen LogP contribution in [0, 0.1) is 0 Å². The van der Waals surface area contributed by atoms with Crippen molar-refractivity contribution in [2.45, 2.75) is 43.8 Å². The zero-order valence-corrected chi connectivity index (χ0v) is 14.7. The molecule has 0 aliphatic carbocycles. The van der Waals surface area contributed by atoms with E-state index in [4.69, 9.17) is 0 Å². The normalized spacial score (nSPS) is 11.2. The second kappa shape index (κ2) is 8.53. The number of pyridine rings is 1. The molecule has 0 radical (unpaired) electrons. The molecule has 2 rings (SSSR count). The van der Waals surface area contributed by atoms with Crippen LogP contribution in [0.3, 0.4) is 0 Å². The lowest BCUT2D eigenvalue weighted by molar-refractivity contribution is -0.141. The molecule has 1 N–H and O–H groups in total. The zero-order valence-electron chi connectivity index (χ0n) is 13.1. The molecule has 2 aromatic heterocycles. The number of hydrogen-bond donors (Lipinski definition) is 1.